The van der Waals surface area contributed by atoms with Gasteiger partial charge in [-0.15, -0.1) is 0 Å². The summed E-state index contributed by atoms with van der Waals surface area (Å²) >= 11 is 6.23. The van der Waals surface area contributed by atoms with Crippen molar-refractivity contribution in [2.45, 2.75) is 19.9 Å². The molecule has 0 fully saturated rings. The van der Waals surface area contributed by atoms with Gasteiger partial charge in [0.25, 0.3) is 5.69 Å². The van der Waals surface area contributed by atoms with Crippen LogP contribution in [0, 0.1) is 10.1 Å². The zero-order valence-electron chi connectivity index (χ0n) is 18.4. The highest BCUT2D eigenvalue weighted by molar-refractivity contribution is 6.32. The number of rotatable bonds is 9. The van der Waals surface area contributed by atoms with E-state index in [9.17, 15) is 14.9 Å². The van der Waals surface area contributed by atoms with Gasteiger partial charge in [0.1, 0.15) is 17.2 Å². The smallest absolute Gasteiger partial charge is 0.413 e. The summed E-state index contributed by atoms with van der Waals surface area (Å²) < 4.78 is 16.2. The predicted molar refractivity (Wildman–Crippen MR) is 128 cm³/mol. The van der Waals surface area contributed by atoms with Gasteiger partial charge >= 0.3 is 6.09 Å². The average Bonchev–Trinajstić information content (AvgIpc) is 2.81. The SMILES string of the molecule is CCOc1ccc(Oc2ccc(C=C[C@H](C)NC(=O)Oc3ccc([N+](=O)[O-])cc3)cn2)c(Cl)c1. The van der Waals surface area contributed by atoms with Gasteiger partial charge in [0, 0.05) is 36.5 Å². The quantitative estimate of drug-likeness (QED) is 0.292. The van der Waals surface area contributed by atoms with Crippen LogP contribution in [-0.2, 0) is 0 Å². The minimum Gasteiger partial charge on any atom is -0.494 e. The molecule has 9 nitrogen and oxygen atoms in total. The van der Waals surface area contributed by atoms with Gasteiger partial charge in [-0.25, -0.2) is 9.78 Å². The van der Waals surface area contributed by atoms with Gasteiger partial charge in [-0.2, -0.15) is 0 Å². The molecule has 0 aliphatic carbocycles. The number of hydrogen-bond donors (Lipinski definition) is 1. The van der Waals surface area contributed by atoms with Crippen LogP contribution in [0.5, 0.6) is 23.1 Å². The average molecular weight is 484 g/mol. The van der Waals surface area contributed by atoms with E-state index in [0.29, 0.717) is 29.0 Å². The van der Waals surface area contributed by atoms with Crippen LogP contribution in [0.2, 0.25) is 5.02 Å². The molecule has 3 rings (SSSR count). The van der Waals surface area contributed by atoms with E-state index in [1.165, 1.54) is 24.3 Å². The van der Waals surface area contributed by atoms with Crippen molar-refractivity contribution in [1.29, 1.82) is 0 Å². The summed E-state index contributed by atoms with van der Waals surface area (Å²) in [6.07, 6.45) is 4.49. The molecule has 2 aromatic carbocycles. The van der Waals surface area contributed by atoms with Crippen LogP contribution in [0.15, 0.2) is 66.9 Å². The Balaban J connectivity index is 1.51. The highest BCUT2D eigenvalue weighted by Crippen LogP contribution is 2.31. The maximum Gasteiger partial charge on any atom is 0.413 e. The maximum atomic E-state index is 12.0. The van der Waals surface area contributed by atoms with Gasteiger partial charge in [0.05, 0.1) is 16.6 Å². The Hall–Kier alpha value is -4.11. The minimum atomic E-state index is -0.680. The van der Waals surface area contributed by atoms with Crippen molar-refractivity contribution in [3.8, 4) is 23.1 Å². The Morgan fingerprint density at radius 2 is 1.91 bits per heavy atom. The van der Waals surface area contributed by atoms with E-state index in [-0.39, 0.29) is 17.5 Å². The molecule has 176 valence electrons. The summed E-state index contributed by atoms with van der Waals surface area (Å²) in [6, 6.07) is 13.6. The second-order valence-corrected chi connectivity index (χ2v) is 7.40. The molecule has 0 saturated heterocycles. The third-order valence-electron chi connectivity index (χ3n) is 4.37. The fourth-order valence-corrected chi connectivity index (χ4v) is 2.96. The van der Waals surface area contributed by atoms with Crippen LogP contribution in [0.25, 0.3) is 6.08 Å². The molecule has 0 bridgehead atoms. The van der Waals surface area contributed by atoms with Crippen molar-refractivity contribution in [1.82, 2.24) is 10.3 Å². The van der Waals surface area contributed by atoms with Crippen LogP contribution in [0.1, 0.15) is 19.4 Å². The number of nitro groups is 1. The Morgan fingerprint density at radius 1 is 1.18 bits per heavy atom. The number of nitrogens with one attached hydrogen (secondary N) is 1. The highest BCUT2D eigenvalue weighted by atomic mass is 35.5. The number of nitrogens with zero attached hydrogens (tertiary/aromatic N) is 2. The van der Waals surface area contributed by atoms with Gasteiger partial charge in [0.15, 0.2) is 0 Å². The number of hydrogen-bond acceptors (Lipinski definition) is 7. The minimum absolute atomic E-state index is 0.0864. The number of ether oxygens (including phenoxy) is 3. The number of carbonyl (C=O) groups is 1. The van der Waals surface area contributed by atoms with Crippen molar-refractivity contribution in [2.24, 2.45) is 0 Å². The second kappa shape index (κ2) is 11.7. The Kier molecular flexibility index (Phi) is 8.42. The molecular weight excluding hydrogens is 462 g/mol. The zero-order valence-corrected chi connectivity index (χ0v) is 19.2. The van der Waals surface area contributed by atoms with Crippen molar-refractivity contribution >= 4 is 29.5 Å². The summed E-state index contributed by atoms with van der Waals surface area (Å²) in [5, 5.41) is 13.7. The van der Waals surface area contributed by atoms with Gasteiger partial charge in [-0.05, 0) is 49.7 Å². The fourth-order valence-electron chi connectivity index (χ4n) is 2.75. The van der Waals surface area contributed by atoms with Crippen molar-refractivity contribution in [3.05, 3.63) is 87.6 Å². The van der Waals surface area contributed by atoms with E-state index >= 15 is 0 Å². The number of aromatic nitrogens is 1. The van der Waals surface area contributed by atoms with Crippen molar-refractivity contribution in [3.63, 3.8) is 0 Å². The molecule has 0 aliphatic heterocycles. The first-order chi connectivity index (χ1) is 16.3. The lowest BCUT2D eigenvalue weighted by Gasteiger charge is -2.10. The number of halogens is 1. The normalized spacial score (nSPS) is 11.6. The van der Waals surface area contributed by atoms with E-state index in [2.05, 4.69) is 10.3 Å². The van der Waals surface area contributed by atoms with Crippen molar-refractivity contribution < 1.29 is 23.9 Å². The third kappa shape index (κ3) is 7.21. The lowest BCUT2D eigenvalue weighted by Crippen LogP contribution is -2.33. The molecule has 1 heterocycles. The Labute approximate surface area is 201 Å². The number of pyridine rings is 1. The largest absolute Gasteiger partial charge is 0.494 e. The van der Waals surface area contributed by atoms with Crippen LogP contribution < -0.4 is 19.5 Å². The highest BCUT2D eigenvalue weighted by Gasteiger charge is 2.10. The molecule has 0 aliphatic rings. The van der Waals surface area contributed by atoms with Crippen molar-refractivity contribution in [2.75, 3.05) is 6.61 Å². The lowest BCUT2D eigenvalue weighted by atomic mass is 10.2. The number of carbonyl (C=O) groups excluding carboxylic acids is 1. The summed E-state index contributed by atoms with van der Waals surface area (Å²) in [6.45, 7) is 4.21. The van der Waals surface area contributed by atoms with E-state index in [1.54, 1.807) is 49.5 Å². The summed E-state index contributed by atoms with van der Waals surface area (Å²) in [5.41, 5.74) is 0.708. The first-order valence-corrected chi connectivity index (χ1v) is 10.7. The Bertz CT molecular complexity index is 1170. The van der Waals surface area contributed by atoms with Gasteiger partial charge in [-0.1, -0.05) is 23.8 Å². The van der Waals surface area contributed by atoms with E-state index < -0.39 is 11.0 Å². The molecule has 1 aromatic heterocycles. The maximum absolute atomic E-state index is 12.0. The number of nitro benzene ring substituents is 1. The lowest BCUT2D eigenvalue weighted by molar-refractivity contribution is -0.384. The standard InChI is InChI=1S/C24H22ClN3O6/c1-3-32-20-11-12-22(21(25)14-20)34-23-13-6-17(15-26-23)5-4-16(2)27-24(29)33-19-9-7-18(8-10-19)28(30)31/h4-16H,3H2,1-2H3,(H,27,29)/t16-/m0/s1. The summed E-state index contributed by atoms with van der Waals surface area (Å²) in [4.78, 5) is 26.4. The van der Waals surface area contributed by atoms with Gasteiger partial charge < -0.3 is 19.5 Å². The van der Waals surface area contributed by atoms with Gasteiger partial charge in [0.2, 0.25) is 5.88 Å². The Morgan fingerprint density at radius 3 is 2.53 bits per heavy atom. The van der Waals surface area contributed by atoms with Crippen LogP contribution in [0.3, 0.4) is 0 Å². The number of amides is 1. The predicted octanol–water partition coefficient (Wildman–Crippen LogP) is 6.02. The van der Waals surface area contributed by atoms with E-state index in [1.807, 2.05) is 13.0 Å². The topological polar surface area (TPSA) is 113 Å². The number of benzene rings is 2. The van der Waals surface area contributed by atoms with Crippen LogP contribution in [-0.4, -0.2) is 28.6 Å². The third-order valence-corrected chi connectivity index (χ3v) is 4.66. The first-order valence-electron chi connectivity index (χ1n) is 10.3. The molecule has 10 heteroatoms. The molecule has 0 unspecified atom stereocenters. The summed E-state index contributed by atoms with van der Waals surface area (Å²) in [7, 11) is 0. The molecule has 34 heavy (non-hydrogen) atoms. The second-order valence-electron chi connectivity index (χ2n) is 6.99. The van der Waals surface area contributed by atoms with Crippen LogP contribution >= 0.6 is 11.6 Å². The molecule has 1 N–H and O–H groups in total. The van der Waals surface area contributed by atoms with E-state index in [4.69, 9.17) is 25.8 Å². The molecule has 3 aromatic rings. The molecular formula is C24H22ClN3O6. The summed E-state index contributed by atoms with van der Waals surface area (Å²) in [5.74, 6) is 1.70. The molecule has 0 radical (unpaired) electrons. The number of non-ortho nitro benzene ring substituents is 1. The van der Waals surface area contributed by atoms with E-state index in [0.717, 1.165) is 5.56 Å². The zero-order chi connectivity index (χ0) is 24.5. The first kappa shape index (κ1) is 24.5. The van der Waals surface area contributed by atoms with Crippen LogP contribution in [0.4, 0.5) is 10.5 Å². The van der Waals surface area contributed by atoms with Gasteiger partial charge in [-0.3, -0.25) is 10.1 Å². The molecule has 0 spiro atoms. The molecule has 0 saturated carbocycles. The molecule has 1 atom stereocenters. The molecule has 1 amide bonds. The fraction of sp³-hybridized carbons (Fsp3) is 0.167. The monoisotopic (exact) mass is 483 g/mol.